The molecule has 0 aliphatic heterocycles. The Morgan fingerprint density at radius 2 is 1.95 bits per heavy atom. The van der Waals surface area contributed by atoms with Crippen LogP contribution in [-0.2, 0) is 4.79 Å². The van der Waals surface area contributed by atoms with E-state index in [0.29, 0.717) is 6.42 Å². The van der Waals surface area contributed by atoms with Crippen molar-refractivity contribution in [3.63, 3.8) is 0 Å². The normalized spacial score (nSPS) is 12.9. The summed E-state index contributed by atoms with van der Waals surface area (Å²) >= 11 is 0. The molecule has 0 spiro atoms. The zero-order chi connectivity index (χ0) is 16.2. The summed E-state index contributed by atoms with van der Waals surface area (Å²) in [4.78, 5) is 14.1. The third-order valence-corrected chi connectivity index (χ3v) is 3.32. The van der Waals surface area contributed by atoms with Gasteiger partial charge in [-0.05, 0) is 42.5 Å². The first kappa shape index (κ1) is 17.5. The van der Waals surface area contributed by atoms with Crippen LogP contribution in [0.25, 0.3) is 0 Å². The molecule has 1 rings (SSSR count). The van der Waals surface area contributed by atoms with Crippen molar-refractivity contribution in [1.29, 1.82) is 0 Å². The van der Waals surface area contributed by atoms with Crippen LogP contribution in [0.3, 0.4) is 0 Å². The van der Waals surface area contributed by atoms with Crippen LogP contribution in [0, 0.1) is 12.3 Å². The van der Waals surface area contributed by atoms with Crippen LogP contribution in [0.2, 0.25) is 0 Å². The maximum absolute atomic E-state index is 12.1. The highest BCUT2D eigenvalue weighted by molar-refractivity contribution is 5.92. The SMILES string of the molecule is Cc1cc(N(C)C)ccc1NC(=O)CC(N)CC(C)(C)C. The Morgan fingerprint density at radius 1 is 1.33 bits per heavy atom. The van der Waals surface area contributed by atoms with Gasteiger partial charge in [-0.25, -0.2) is 0 Å². The van der Waals surface area contributed by atoms with E-state index >= 15 is 0 Å². The number of nitrogens with zero attached hydrogens (tertiary/aromatic N) is 1. The van der Waals surface area contributed by atoms with Crippen LogP contribution in [0.5, 0.6) is 0 Å². The number of hydrogen-bond acceptors (Lipinski definition) is 3. The van der Waals surface area contributed by atoms with Gasteiger partial charge in [-0.3, -0.25) is 4.79 Å². The molecule has 3 N–H and O–H groups in total. The smallest absolute Gasteiger partial charge is 0.225 e. The van der Waals surface area contributed by atoms with E-state index in [9.17, 15) is 4.79 Å². The van der Waals surface area contributed by atoms with Crippen molar-refractivity contribution >= 4 is 17.3 Å². The molecule has 0 fully saturated rings. The molecule has 0 saturated heterocycles. The first-order valence-corrected chi connectivity index (χ1v) is 7.42. The predicted molar refractivity (Wildman–Crippen MR) is 90.8 cm³/mol. The van der Waals surface area contributed by atoms with Gasteiger partial charge in [0.05, 0.1) is 0 Å². The second kappa shape index (κ2) is 6.94. The van der Waals surface area contributed by atoms with E-state index in [1.165, 1.54) is 0 Å². The lowest BCUT2D eigenvalue weighted by molar-refractivity contribution is -0.116. The highest BCUT2D eigenvalue weighted by atomic mass is 16.1. The van der Waals surface area contributed by atoms with Gasteiger partial charge in [-0.1, -0.05) is 20.8 Å². The minimum Gasteiger partial charge on any atom is -0.378 e. The molecule has 0 aliphatic carbocycles. The van der Waals surface area contributed by atoms with Crippen LogP contribution in [0.1, 0.15) is 39.2 Å². The number of amides is 1. The molecule has 1 aromatic carbocycles. The summed E-state index contributed by atoms with van der Waals surface area (Å²) in [6.07, 6.45) is 1.19. The fourth-order valence-corrected chi connectivity index (χ4v) is 2.36. The van der Waals surface area contributed by atoms with Crippen LogP contribution in [0.15, 0.2) is 18.2 Å². The number of rotatable bonds is 5. The van der Waals surface area contributed by atoms with Crippen LogP contribution < -0.4 is 16.0 Å². The zero-order valence-corrected chi connectivity index (χ0v) is 14.2. The Balaban J connectivity index is 2.63. The second-order valence-electron chi connectivity index (χ2n) is 7.17. The van der Waals surface area contributed by atoms with Gasteiger partial charge in [-0.15, -0.1) is 0 Å². The molecule has 1 atom stereocenters. The van der Waals surface area contributed by atoms with Gasteiger partial charge in [0.15, 0.2) is 0 Å². The van der Waals surface area contributed by atoms with Gasteiger partial charge in [0.25, 0.3) is 0 Å². The minimum absolute atomic E-state index is 0.0209. The first-order chi connectivity index (χ1) is 9.58. The van der Waals surface area contributed by atoms with E-state index in [1.807, 2.05) is 38.1 Å². The average Bonchev–Trinajstić information content (AvgIpc) is 2.28. The van der Waals surface area contributed by atoms with Crippen molar-refractivity contribution in [1.82, 2.24) is 0 Å². The molecule has 4 heteroatoms. The molecular formula is C17H29N3O. The van der Waals surface area contributed by atoms with Crippen LogP contribution in [-0.4, -0.2) is 26.0 Å². The van der Waals surface area contributed by atoms with E-state index < -0.39 is 0 Å². The Labute approximate surface area is 128 Å². The third-order valence-electron chi connectivity index (χ3n) is 3.32. The molecule has 0 aliphatic rings. The summed E-state index contributed by atoms with van der Waals surface area (Å²) in [6.45, 7) is 8.40. The quantitative estimate of drug-likeness (QED) is 0.876. The summed E-state index contributed by atoms with van der Waals surface area (Å²) in [5.41, 5.74) is 9.22. The molecule has 0 saturated carbocycles. The maximum Gasteiger partial charge on any atom is 0.225 e. The topological polar surface area (TPSA) is 58.4 Å². The van der Waals surface area contributed by atoms with Gasteiger partial charge in [0, 0.05) is 37.9 Å². The fraction of sp³-hybridized carbons (Fsp3) is 0.588. The van der Waals surface area contributed by atoms with Gasteiger partial charge >= 0.3 is 0 Å². The summed E-state index contributed by atoms with van der Waals surface area (Å²) < 4.78 is 0. The summed E-state index contributed by atoms with van der Waals surface area (Å²) in [7, 11) is 4.00. The summed E-state index contributed by atoms with van der Waals surface area (Å²) in [5, 5.41) is 2.96. The molecule has 0 bridgehead atoms. The van der Waals surface area contributed by atoms with E-state index in [-0.39, 0.29) is 17.4 Å². The van der Waals surface area contributed by atoms with E-state index in [0.717, 1.165) is 23.4 Å². The van der Waals surface area contributed by atoms with Gasteiger partial charge in [-0.2, -0.15) is 0 Å². The molecule has 118 valence electrons. The third kappa shape index (κ3) is 6.17. The van der Waals surface area contributed by atoms with Gasteiger partial charge < -0.3 is 16.0 Å². The molecule has 4 nitrogen and oxygen atoms in total. The largest absolute Gasteiger partial charge is 0.378 e. The number of aryl methyl sites for hydroxylation is 1. The van der Waals surface area contributed by atoms with Crippen molar-refractivity contribution in [2.24, 2.45) is 11.1 Å². The van der Waals surface area contributed by atoms with Crippen LogP contribution in [0.4, 0.5) is 11.4 Å². The van der Waals surface area contributed by atoms with Crippen molar-refractivity contribution in [2.45, 2.75) is 46.6 Å². The molecule has 0 aromatic heterocycles. The lowest BCUT2D eigenvalue weighted by atomic mass is 9.87. The lowest BCUT2D eigenvalue weighted by Gasteiger charge is -2.23. The minimum atomic E-state index is -0.105. The first-order valence-electron chi connectivity index (χ1n) is 7.42. The Bertz CT molecular complexity index is 489. The number of nitrogens with two attached hydrogens (primary N) is 1. The van der Waals surface area contributed by atoms with Crippen molar-refractivity contribution in [3.05, 3.63) is 23.8 Å². The number of benzene rings is 1. The molecule has 1 unspecified atom stereocenters. The zero-order valence-electron chi connectivity index (χ0n) is 14.2. The standard InChI is InChI=1S/C17H29N3O/c1-12-9-14(20(5)6)7-8-15(12)19-16(21)10-13(18)11-17(2,3)4/h7-9,13H,10-11,18H2,1-6H3,(H,19,21). The number of anilines is 2. The van der Waals surface area contributed by atoms with Gasteiger partial charge in [0.1, 0.15) is 0 Å². The molecule has 1 amide bonds. The van der Waals surface area contributed by atoms with E-state index in [1.54, 1.807) is 0 Å². The highest BCUT2D eigenvalue weighted by Crippen LogP contribution is 2.23. The Morgan fingerprint density at radius 3 is 2.43 bits per heavy atom. The van der Waals surface area contributed by atoms with Crippen molar-refractivity contribution < 1.29 is 4.79 Å². The lowest BCUT2D eigenvalue weighted by Crippen LogP contribution is -2.31. The molecule has 0 heterocycles. The molecule has 1 aromatic rings. The van der Waals surface area contributed by atoms with Gasteiger partial charge in [0.2, 0.25) is 5.91 Å². The number of nitrogens with one attached hydrogen (secondary N) is 1. The molecule has 0 radical (unpaired) electrons. The molecular weight excluding hydrogens is 262 g/mol. The molecule has 21 heavy (non-hydrogen) atoms. The van der Waals surface area contributed by atoms with Crippen LogP contribution >= 0.6 is 0 Å². The number of carbonyl (C=O) groups excluding carboxylic acids is 1. The predicted octanol–water partition coefficient (Wildman–Crippen LogP) is 3.15. The van der Waals surface area contributed by atoms with Crippen molar-refractivity contribution in [3.8, 4) is 0 Å². The monoisotopic (exact) mass is 291 g/mol. The maximum atomic E-state index is 12.1. The van der Waals surface area contributed by atoms with E-state index in [2.05, 4.69) is 32.2 Å². The van der Waals surface area contributed by atoms with Crippen molar-refractivity contribution in [2.75, 3.05) is 24.3 Å². The average molecular weight is 291 g/mol. The summed E-state index contributed by atoms with van der Waals surface area (Å²) in [5.74, 6) is -0.0209. The fourth-order valence-electron chi connectivity index (χ4n) is 2.36. The number of hydrogen-bond donors (Lipinski definition) is 2. The second-order valence-corrected chi connectivity index (χ2v) is 7.17. The number of carbonyl (C=O) groups is 1. The summed E-state index contributed by atoms with van der Waals surface area (Å²) in [6, 6.07) is 5.90. The Hall–Kier alpha value is -1.55. The van der Waals surface area contributed by atoms with E-state index in [4.69, 9.17) is 5.73 Å². The highest BCUT2D eigenvalue weighted by Gasteiger charge is 2.18. The Kier molecular flexibility index (Phi) is 5.78.